The predicted octanol–water partition coefficient (Wildman–Crippen LogP) is 4.93. The van der Waals surface area contributed by atoms with Crippen molar-refractivity contribution >= 4 is 51.9 Å². The predicted molar refractivity (Wildman–Crippen MR) is 131 cm³/mol. The van der Waals surface area contributed by atoms with E-state index in [0.29, 0.717) is 41.9 Å². The van der Waals surface area contributed by atoms with Crippen molar-refractivity contribution in [3.8, 4) is 0 Å². The summed E-state index contributed by atoms with van der Waals surface area (Å²) in [6.07, 6.45) is 0. The Bertz CT molecular complexity index is 1160. The van der Waals surface area contributed by atoms with Crippen molar-refractivity contribution in [3.05, 3.63) is 63.9 Å². The van der Waals surface area contributed by atoms with Gasteiger partial charge >= 0.3 is 0 Å². The van der Waals surface area contributed by atoms with Crippen LogP contribution in [0.3, 0.4) is 0 Å². The maximum Gasteiger partial charge on any atom is 0.172 e. The molecule has 0 radical (unpaired) electrons. The minimum Gasteiger partial charge on any atom is -0.378 e. The summed E-state index contributed by atoms with van der Waals surface area (Å²) in [5.41, 5.74) is 3.45. The number of hydrogen-bond donors (Lipinski definition) is 2. The largest absolute Gasteiger partial charge is 0.378 e. The van der Waals surface area contributed by atoms with E-state index in [1.165, 1.54) is 12.1 Å². The number of fused-ring (bicyclic) bond motifs is 1. The van der Waals surface area contributed by atoms with E-state index in [1.807, 2.05) is 18.2 Å². The standard InChI is InChI=1S/C23H23Cl2FN6O/c24-18-4-5-19(26)22(25)17(18)14-32-7-6-27-23-20(32)13-21(29-30-23)28-15-2-1-3-16(12-15)31-8-10-33-11-9-31/h1-5,12-13H,6-11,14H2,(H,27,30)(H,28,29). The van der Waals surface area contributed by atoms with E-state index in [9.17, 15) is 4.39 Å². The SMILES string of the molecule is Fc1ccc(Cl)c(CN2CCNc3nnc(Nc4cccc(N5CCOCC5)c4)cc32)c1Cl. The molecule has 2 N–H and O–H groups in total. The molecule has 5 rings (SSSR count). The van der Waals surface area contributed by atoms with Gasteiger partial charge in [-0.15, -0.1) is 10.2 Å². The van der Waals surface area contributed by atoms with Gasteiger partial charge in [0, 0.05) is 60.8 Å². The van der Waals surface area contributed by atoms with Crippen LogP contribution in [0.5, 0.6) is 0 Å². The summed E-state index contributed by atoms with van der Waals surface area (Å²) in [5, 5.41) is 15.8. The van der Waals surface area contributed by atoms with Crippen LogP contribution in [0.15, 0.2) is 42.5 Å². The maximum atomic E-state index is 14.0. The fourth-order valence-corrected chi connectivity index (χ4v) is 4.55. The summed E-state index contributed by atoms with van der Waals surface area (Å²) in [5.74, 6) is 0.789. The highest BCUT2D eigenvalue weighted by atomic mass is 35.5. The number of aromatic nitrogens is 2. The molecule has 0 aliphatic carbocycles. The first-order chi connectivity index (χ1) is 16.1. The summed E-state index contributed by atoms with van der Waals surface area (Å²) >= 11 is 12.5. The molecule has 33 heavy (non-hydrogen) atoms. The average Bonchev–Trinajstić information content (AvgIpc) is 2.85. The van der Waals surface area contributed by atoms with E-state index in [0.717, 1.165) is 43.4 Å². The Hall–Kier alpha value is -2.81. The van der Waals surface area contributed by atoms with Crippen molar-refractivity contribution < 1.29 is 9.13 Å². The Kier molecular flexibility index (Phi) is 6.39. The first-order valence-electron chi connectivity index (χ1n) is 10.8. The second-order valence-electron chi connectivity index (χ2n) is 7.91. The summed E-state index contributed by atoms with van der Waals surface area (Å²) in [6.45, 7) is 4.93. The smallest absolute Gasteiger partial charge is 0.172 e. The van der Waals surface area contributed by atoms with Gasteiger partial charge in [0.05, 0.1) is 23.9 Å². The molecule has 0 amide bonds. The average molecular weight is 489 g/mol. The normalized spacial score (nSPS) is 15.7. The molecule has 2 aromatic carbocycles. The van der Waals surface area contributed by atoms with Crippen molar-refractivity contribution in [2.75, 3.05) is 59.8 Å². The van der Waals surface area contributed by atoms with Crippen molar-refractivity contribution in [1.29, 1.82) is 0 Å². The van der Waals surface area contributed by atoms with Crippen LogP contribution in [0.2, 0.25) is 10.0 Å². The second-order valence-corrected chi connectivity index (χ2v) is 8.69. The summed E-state index contributed by atoms with van der Waals surface area (Å²) in [6, 6.07) is 12.9. The zero-order chi connectivity index (χ0) is 22.8. The Morgan fingerprint density at radius 1 is 1.06 bits per heavy atom. The van der Waals surface area contributed by atoms with Gasteiger partial charge in [-0.3, -0.25) is 0 Å². The van der Waals surface area contributed by atoms with E-state index in [1.54, 1.807) is 0 Å². The lowest BCUT2D eigenvalue weighted by molar-refractivity contribution is 0.122. The molecule has 7 nitrogen and oxygen atoms in total. The summed E-state index contributed by atoms with van der Waals surface area (Å²) < 4.78 is 19.5. The number of nitrogens with one attached hydrogen (secondary N) is 2. The Morgan fingerprint density at radius 3 is 2.76 bits per heavy atom. The quantitative estimate of drug-likeness (QED) is 0.493. The number of anilines is 5. The third kappa shape index (κ3) is 4.78. The molecule has 0 atom stereocenters. The van der Waals surface area contributed by atoms with Crippen LogP contribution in [0.25, 0.3) is 0 Å². The second kappa shape index (κ2) is 9.59. The van der Waals surface area contributed by atoms with E-state index in [4.69, 9.17) is 27.9 Å². The minimum absolute atomic E-state index is 0.0443. The Labute approximate surface area is 201 Å². The molecule has 1 aromatic heterocycles. The zero-order valence-electron chi connectivity index (χ0n) is 17.8. The topological polar surface area (TPSA) is 65.5 Å². The molecule has 10 heteroatoms. The van der Waals surface area contributed by atoms with Gasteiger partial charge in [0.25, 0.3) is 0 Å². The van der Waals surface area contributed by atoms with E-state index >= 15 is 0 Å². The molecule has 3 heterocycles. The highest BCUT2D eigenvalue weighted by molar-refractivity contribution is 6.36. The van der Waals surface area contributed by atoms with E-state index in [-0.39, 0.29) is 5.02 Å². The van der Waals surface area contributed by atoms with Crippen LogP contribution in [-0.4, -0.2) is 49.6 Å². The van der Waals surface area contributed by atoms with Crippen LogP contribution in [-0.2, 0) is 11.3 Å². The van der Waals surface area contributed by atoms with E-state index in [2.05, 4.69) is 42.8 Å². The fraction of sp³-hybridized carbons (Fsp3) is 0.304. The number of rotatable bonds is 5. The lowest BCUT2D eigenvalue weighted by atomic mass is 10.1. The first kappa shape index (κ1) is 22.0. The molecule has 0 bridgehead atoms. The van der Waals surface area contributed by atoms with Crippen LogP contribution in [0, 0.1) is 5.82 Å². The highest BCUT2D eigenvalue weighted by Crippen LogP contribution is 2.34. The molecule has 0 saturated carbocycles. The van der Waals surface area contributed by atoms with Gasteiger partial charge < -0.3 is 25.2 Å². The Balaban J connectivity index is 1.38. The monoisotopic (exact) mass is 488 g/mol. The number of hydrogen-bond acceptors (Lipinski definition) is 7. The number of ether oxygens (including phenoxy) is 1. The molecule has 0 unspecified atom stereocenters. The van der Waals surface area contributed by atoms with Crippen molar-refractivity contribution in [2.24, 2.45) is 0 Å². The molecule has 0 spiro atoms. The van der Waals surface area contributed by atoms with Crippen molar-refractivity contribution in [1.82, 2.24) is 10.2 Å². The molecule has 1 saturated heterocycles. The summed E-state index contributed by atoms with van der Waals surface area (Å²) in [7, 11) is 0. The van der Waals surface area contributed by atoms with Crippen LogP contribution < -0.4 is 20.4 Å². The fourth-order valence-electron chi connectivity index (χ4n) is 4.06. The molecule has 172 valence electrons. The molecular formula is C23H23Cl2FN6O. The molecule has 3 aromatic rings. The van der Waals surface area contributed by atoms with Gasteiger partial charge in [0.15, 0.2) is 11.6 Å². The molecule has 1 fully saturated rings. The number of morpholine rings is 1. The van der Waals surface area contributed by atoms with Crippen LogP contribution in [0.4, 0.5) is 33.1 Å². The Morgan fingerprint density at radius 2 is 1.91 bits per heavy atom. The number of benzene rings is 2. The highest BCUT2D eigenvalue weighted by Gasteiger charge is 2.22. The van der Waals surface area contributed by atoms with Gasteiger partial charge in [-0.25, -0.2) is 4.39 Å². The third-order valence-corrected chi connectivity index (χ3v) is 6.53. The third-order valence-electron chi connectivity index (χ3n) is 5.77. The molecular weight excluding hydrogens is 466 g/mol. The molecule has 2 aliphatic rings. The zero-order valence-corrected chi connectivity index (χ0v) is 19.3. The van der Waals surface area contributed by atoms with Gasteiger partial charge in [0.2, 0.25) is 0 Å². The van der Waals surface area contributed by atoms with Gasteiger partial charge in [-0.1, -0.05) is 29.3 Å². The van der Waals surface area contributed by atoms with Gasteiger partial charge in [-0.05, 0) is 30.3 Å². The lowest BCUT2D eigenvalue weighted by Crippen LogP contribution is -2.36. The van der Waals surface area contributed by atoms with Gasteiger partial charge in [-0.2, -0.15) is 0 Å². The minimum atomic E-state index is -0.484. The van der Waals surface area contributed by atoms with Crippen molar-refractivity contribution in [3.63, 3.8) is 0 Å². The lowest BCUT2D eigenvalue weighted by Gasteiger charge is -2.32. The number of halogens is 3. The maximum absolute atomic E-state index is 14.0. The molecule has 2 aliphatic heterocycles. The van der Waals surface area contributed by atoms with Gasteiger partial charge in [0.1, 0.15) is 5.82 Å². The van der Waals surface area contributed by atoms with Crippen LogP contribution in [0.1, 0.15) is 5.56 Å². The van der Waals surface area contributed by atoms with Crippen molar-refractivity contribution in [2.45, 2.75) is 6.54 Å². The van der Waals surface area contributed by atoms with E-state index < -0.39 is 5.82 Å². The first-order valence-corrected chi connectivity index (χ1v) is 11.5. The summed E-state index contributed by atoms with van der Waals surface area (Å²) in [4.78, 5) is 4.37. The van der Waals surface area contributed by atoms with Crippen LogP contribution >= 0.6 is 23.2 Å². The number of nitrogens with zero attached hydrogens (tertiary/aromatic N) is 4.